The van der Waals surface area contributed by atoms with Crippen molar-refractivity contribution >= 4 is 8.07 Å². The van der Waals surface area contributed by atoms with Crippen molar-refractivity contribution in [3.63, 3.8) is 0 Å². The Morgan fingerprint density at radius 1 is 0.778 bits per heavy atom. The first kappa shape index (κ1) is 11.7. The van der Waals surface area contributed by atoms with Crippen LogP contribution in [0.3, 0.4) is 0 Å². The maximum atomic E-state index is 2.40. The Kier molecular flexibility index (Phi) is 3.08. The first-order valence-electron chi connectivity index (χ1n) is 6.96. The SMILES string of the molecule is CC[Si](C1=CC=CC1)(C1=CC=CC1)C1=CC=CC1. The summed E-state index contributed by atoms with van der Waals surface area (Å²) >= 11 is 0. The van der Waals surface area contributed by atoms with Crippen LogP contribution < -0.4 is 0 Å². The average Bonchev–Trinajstić information content (AvgIpc) is 3.16. The lowest BCUT2D eigenvalue weighted by molar-refractivity contribution is 1.20. The number of rotatable bonds is 4. The standard InChI is InChI=1S/C17H20Si/c1-2-18(15-9-3-4-10-15,16-11-5-6-12-16)17-13-7-8-14-17/h3-9,11,13H,2,10,12,14H2,1H3. The molecule has 0 heterocycles. The predicted octanol–water partition coefficient (Wildman–Crippen LogP) is 4.73. The molecule has 0 atom stereocenters. The topological polar surface area (TPSA) is 0 Å². The molecule has 0 radical (unpaired) electrons. The zero-order valence-electron chi connectivity index (χ0n) is 11.0. The van der Waals surface area contributed by atoms with E-state index >= 15 is 0 Å². The minimum Gasteiger partial charge on any atom is -0.0808 e. The van der Waals surface area contributed by atoms with Crippen LogP contribution in [0.5, 0.6) is 0 Å². The normalized spacial score (nSPS) is 21.5. The molecule has 0 aromatic carbocycles. The summed E-state index contributed by atoms with van der Waals surface area (Å²) in [6.45, 7) is 2.39. The fourth-order valence-corrected chi connectivity index (χ4v) is 8.73. The lowest BCUT2D eigenvalue weighted by Gasteiger charge is -2.36. The Balaban J connectivity index is 2.06. The molecule has 0 aromatic heterocycles. The molecule has 1 heteroatoms. The third-order valence-corrected chi connectivity index (χ3v) is 9.95. The van der Waals surface area contributed by atoms with E-state index in [1.165, 1.54) is 25.3 Å². The molecule has 0 fully saturated rings. The monoisotopic (exact) mass is 252 g/mol. The van der Waals surface area contributed by atoms with Crippen molar-refractivity contribution in [2.24, 2.45) is 0 Å². The van der Waals surface area contributed by atoms with Crippen LogP contribution in [0.4, 0.5) is 0 Å². The molecular weight excluding hydrogens is 232 g/mol. The van der Waals surface area contributed by atoms with E-state index in [1.54, 1.807) is 15.6 Å². The molecule has 0 aromatic rings. The first-order chi connectivity index (χ1) is 8.88. The van der Waals surface area contributed by atoms with E-state index in [0.717, 1.165) is 0 Å². The molecule has 3 aliphatic carbocycles. The van der Waals surface area contributed by atoms with Crippen LogP contribution in [0.15, 0.2) is 70.3 Å². The van der Waals surface area contributed by atoms with Crippen LogP contribution in [0, 0.1) is 0 Å². The first-order valence-corrected chi connectivity index (χ1v) is 9.17. The van der Waals surface area contributed by atoms with Gasteiger partial charge in [0.05, 0.1) is 0 Å². The highest BCUT2D eigenvalue weighted by molar-refractivity contribution is 6.98. The average molecular weight is 252 g/mol. The van der Waals surface area contributed by atoms with Gasteiger partial charge in [0.1, 0.15) is 8.07 Å². The summed E-state index contributed by atoms with van der Waals surface area (Å²) < 4.78 is 0. The molecule has 3 aliphatic rings. The van der Waals surface area contributed by atoms with E-state index in [1.807, 2.05) is 0 Å². The molecule has 0 bridgehead atoms. The van der Waals surface area contributed by atoms with Crippen LogP contribution in [-0.2, 0) is 0 Å². The predicted molar refractivity (Wildman–Crippen MR) is 81.8 cm³/mol. The van der Waals surface area contributed by atoms with Crippen LogP contribution in [0.25, 0.3) is 0 Å². The van der Waals surface area contributed by atoms with Crippen molar-refractivity contribution in [3.05, 3.63) is 70.3 Å². The van der Waals surface area contributed by atoms with Gasteiger partial charge in [0.2, 0.25) is 0 Å². The van der Waals surface area contributed by atoms with Crippen molar-refractivity contribution in [3.8, 4) is 0 Å². The minimum atomic E-state index is -1.57. The van der Waals surface area contributed by atoms with Crippen LogP contribution in [0.1, 0.15) is 26.2 Å². The molecule has 0 nitrogen and oxygen atoms in total. The molecular formula is C17H20Si. The van der Waals surface area contributed by atoms with Gasteiger partial charge < -0.3 is 0 Å². The van der Waals surface area contributed by atoms with Crippen LogP contribution >= 0.6 is 0 Å². The summed E-state index contributed by atoms with van der Waals surface area (Å²) in [4.78, 5) is 0. The number of hydrogen-bond acceptors (Lipinski definition) is 0. The molecule has 0 unspecified atom stereocenters. The van der Waals surface area contributed by atoms with Crippen molar-refractivity contribution in [2.45, 2.75) is 32.2 Å². The van der Waals surface area contributed by atoms with E-state index in [0.29, 0.717) is 0 Å². The summed E-state index contributed by atoms with van der Waals surface area (Å²) in [6.07, 6.45) is 24.4. The minimum absolute atomic E-state index is 1.18. The fourth-order valence-electron chi connectivity index (χ4n) is 3.59. The maximum Gasteiger partial charge on any atom is 0.136 e. The van der Waals surface area contributed by atoms with E-state index < -0.39 is 8.07 Å². The summed E-state index contributed by atoms with van der Waals surface area (Å²) in [6, 6.07) is 1.31. The van der Waals surface area contributed by atoms with Gasteiger partial charge in [-0.3, -0.25) is 0 Å². The Labute approximate surface area is 111 Å². The third kappa shape index (κ3) is 1.65. The lowest BCUT2D eigenvalue weighted by Crippen LogP contribution is -2.41. The van der Waals surface area contributed by atoms with E-state index in [-0.39, 0.29) is 0 Å². The van der Waals surface area contributed by atoms with E-state index in [4.69, 9.17) is 0 Å². The maximum absolute atomic E-state index is 2.40. The Bertz CT molecular complexity index is 450. The molecule has 0 saturated heterocycles. The van der Waals surface area contributed by atoms with Crippen molar-refractivity contribution in [2.75, 3.05) is 0 Å². The van der Waals surface area contributed by atoms with Gasteiger partial charge in [-0.15, -0.1) is 0 Å². The van der Waals surface area contributed by atoms with Crippen molar-refractivity contribution < 1.29 is 0 Å². The zero-order valence-corrected chi connectivity index (χ0v) is 12.0. The second-order valence-corrected chi connectivity index (χ2v) is 9.68. The Morgan fingerprint density at radius 2 is 1.17 bits per heavy atom. The van der Waals surface area contributed by atoms with E-state index in [2.05, 4.69) is 61.6 Å². The van der Waals surface area contributed by atoms with Crippen molar-refractivity contribution in [1.29, 1.82) is 0 Å². The second-order valence-electron chi connectivity index (χ2n) is 5.23. The van der Waals surface area contributed by atoms with E-state index in [9.17, 15) is 0 Å². The van der Waals surface area contributed by atoms with Gasteiger partial charge in [0, 0.05) is 0 Å². The summed E-state index contributed by atoms with van der Waals surface area (Å²) in [7, 11) is -1.57. The molecule has 0 N–H and O–H groups in total. The molecule has 92 valence electrons. The van der Waals surface area contributed by atoms with Crippen molar-refractivity contribution in [1.82, 2.24) is 0 Å². The van der Waals surface area contributed by atoms with Crippen LogP contribution in [0.2, 0.25) is 6.04 Å². The molecule has 0 amide bonds. The smallest absolute Gasteiger partial charge is 0.0808 e. The molecule has 18 heavy (non-hydrogen) atoms. The van der Waals surface area contributed by atoms with Gasteiger partial charge in [-0.05, 0) is 25.3 Å². The lowest BCUT2D eigenvalue weighted by atomic mass is 10.4. The quantitative estimate of drug-likeness (QED) is 0.634. The Hall–Kier alpha value is -1.34. The second kappa shape index (κ2) is 4.73. The zero-order chi connectivity index (χ0) is 12.4. The third-order valence-electron chi connectivity index (χ3n) is 4.49. The molecule has 0 spiro atoms. The van der Waals surface area contributed by atoms with Gasteiger partial charge in [-0.2, -0.15) is 0 Å². The highest BCUT2D eigenvalue weighted by atomic mass is 28.3. The molecule has 3 rings (SSSR count). The number of allylic oxidation sites excluding steroid dienone is 12. The summed E-state index contributed by atoms with van der Waals surface area (Å²) in [5.74, 6) is 0. The highest BCUT2D eigenvalue weighted by Gasteiger charge is 2.42. The van der Waals surface area contributed by atoms with Gasteiger partial charge in [0.15, 0.2) is 0 Å². The van der Waals surface area contributed by atoms with Gasteiger partial charge >= 0.3 is 0 Å². The fraction of sp³-hybridized carbons (Fsp3) is 0.294. The Morgan fingerprint density at radius 3 is 1.39 bits per heavy atom. The highest BCUT2D eigenvalue weighted by Crippen LogP contribution is 2.43. The summed E-state index contributed by atoms with van der Waals surface area (Å²) in [5, 5.41) is 5.15. The number of hydrogen-bond donors (Lipinski definition) is 0. The largest absolute Gasteiger partial charge is 0.136 e. The molecule has 0 aliphatic heterocycles. The summed E-state index contributed by atoms with van der Waals surface area (Å²) in [5.41, 5.74) is 0. The van der Waals surface area contributed by atoms with Gasteiger partial charge in [-0.25, -0.2) is 0 Å². The van der Waals surface area contributed by atoms with Gasteiger partial charge in [-0.1, -0.05) is 77.2 Å². The van der Waals surface area contributed by atoms with Crippen LogP contribution in [-0.4, -0.2) is 8.07 Å². The molecule has 0 saturated carbocycles. The van der Waals surface area contributed by atoms with Gasteiger partial charge in [0.25, 0.3) is 0 Å².